The molecule has 0 unspecified atom stereocenters. The molecule has 5 nitrogen and oxygen atoms in total. The second kappa shape index (κ2) is 11.6. The van der Waals surface area contributed by atoms with Crippen LogP contribution < -0.4 is 4.74 Å². The standard InChI is InChI=1S/C43H32N4O/c1-4-27-13-8-14-29-15-9-17-34(38(27)29)28-19-21-31(22-20-28)41-45-40(30-11-6-5-7-12-30)46-42(47-41)32-23-24-35-37(25-32)48-39-33(26-44)16-10-18-36(39)43(35,2)3/h5-25H,4H2,1-3H3. The highest BCUT2D eigenvalue weighted by Crippen LogP contribution is 2.49. The van der Waals surface area contributed by atoms with Crippen molar-refractivity contribution >= 4 is 10.8 Å². The first-order valence-corrected chi connectivity index (χ1v) is 16.2. The van der Waals surface area contributed by atoms with Crippen molar-refractivity contribution in [2.45, 2.75) is 32.6 Å². The lowest BCUT2D eigenvalue weighted by atomic mass is 9.75. The van der Waals surface area contributed by atoms with Gasteiger partial charge >= 0.3 is 0 Å². The van der Waals surface area contributed by atoms with Gasteiger partial charge in [0.1, 0.15) is 17.6 Å². The average molecular weight is 621 g/mol. The predicted octanol–water partition coefficient (Wildman–Crippen LogP) is 10.6. The smallest absolute Gasteiger partial charge is 0.164 e. The highest BCUT2D eigenvalue weighted by Gasteiger charge is 2.35. The van der Waals surface area contributed by atoms with Gasteiger partial charge in [-0.2, -0.15) is 5.26 Å². The molecule has 8 rings (SSSR count). The van der Waals surface area contributed by atoms with Crippen molar-refractivity contribution < 1.29 is 4.74 Å². The molecule has 0 aliphatic carbocycles. The molecule has 0 atom stereocenters. The number of aromatic nitrogens is 3. The Labute approximate surface area is 280 Å². The van der Waals surface area contributed by atoms with Crippen molar-refractivity contribution in [3.8, 4) is 62.9 Å². The second-order valence-corrected chi connectivity index (χ2v) is 12.7. The monoisotopic (exact) mass is 620 g/mol. The zero-order valence-electron chi connectivity index (χ0n) is 27.0. The summed E-state index contributed by atoms with van der Waals surface area (Å²) >= 11 is 0. The van der Waals surface area contributed by atoms with E-state index in [1.54, 1.807) is 6.07 Å². The van der Waals surface area contributed by atoms with Crippen molar-refractivity contribution in [3.63, 3.8) is 0 Å². The Bertz CT molecular complexity index is 2380. The van der Waals surface area contributed by atoms with Crippen LogP contribution in [0.3, 0.4) is 0 Å². The molecule has 7 aromatic rings. The van der Waals surface area contributed by atoms with Crippen molar-refractivity contribution in [3.05, 3.63) is 150 Å². The van der Waals surface area contributed by atoms with Crippen LogP contribution in [0, 0.1) is 11.3 Å². The number of aryl methyl sites for hydroxylation is 1. The molecular weight excluding hydrogens is 589 g/mol. The van der Waals surface area contributed by atoms with Gasteiger partial charge in [-0.15, -0.1) is 0 Å². The highest BCUT2D eigenvalue weighted by molar-refractivity contribution is 5.99. The summed E-state index contributed by atoms with van der Waals surface area (Å²) in [4.78, 5) is 14.9. The van der Waals surface area contributed by atoms with Crippen LogP contribution in [0.1, 0.15) is 43.0 Å². The zero-order valence-corrected chi connectivity index (χ0v) is 27.0. The van der Waals surface area contributed by atoms with Gasteiger partial charge in [-0.3, -0.25) is 0 Å². The van der Waals surface area contributed by atoms with E-state index in [-0.39, 0.29) is 5.41 Å². The number of benzene rings is 6. The van der Waals surface area contributed by atoms with E-state index in [0.29, 0.717) is 34.5 Å². The maximum Gasteiger partial charge on any atom is 0.164 e. The molecule has 1 aliphatic heterocycles. The van der Waals surface area contributed by atoms with Crippen LogP contribution in [0.25, 0.3) is 56.1 Å². The Balaban J connectivity index is 1.23. The summed E-state index contributed by atoms with van der Waals surface area (Å²) in [5.41, 5.74) is 8.53. The molecule has 0 spiro atoms. The van der Waals surface area contributed by atoms with E-state index in [0.717, 1.165) is 39.8 Å². The molecule has 0 amide bonds. The molecule has 0 N–H and O–H groups in total. The Morgan fingerprint density at radius 1 is 0.625 bits per heavy atom. The first-order valence-electron chi connectivity index (χ1n) is 16.2. The van der Waals surface area contributed by atoms with Crippen molar-refractivity contribution in [2.75, 3.05) is 0 Å². The van der Waals surface area contributed by atoms with Gasteiger partial charge in [0.25, 0.3) is 0 Å². The normalized spacial score (nSPS) is 12.9. The molecule has 0 saturated heterocycles. The quantitative estimate of drug-likeness (QED) is 0.191. The van der Waals surface area contributed by atoms with Crippen molar-refractivity contribution in [1.29, 1.82) is 5.26 Å². The fourth-order valence-electron chi connectivity index (χ4n) is 6.85. The summed E-state index contributed by atoms with van der Waals surface area (Å²) in [6.45, 7) is 6.52. The minimum atomic E-state index is -0.350. The fraction of sp³-hybridized carbons (Fsp3) is 0.116. The molecule has 1 aromatic heterocycles. The van der Waals surface area contributed by atoms with Crippen LogP contribution in [-0.2, 0) is 11.8 Å². The summed E-state index contributed by atoms with van der Waals surface area (Å²) < 4.78 is 6.44. The molecule has 1 aliphatic rings. The number of rotatable bonds is 5. The molecule has 5 heteroatoms. The van der Waals surface area contributed by atoms with Gasteiger partial charge in [-0.05, 0) is 46.0 Å². The van der Waals surface area contributed by atoms with E-state index in [2.05, 4.69) is 93.6 Å². The van der Waals surface area contributed by atoms with E-state index in [1.807, 2.05) is 54.6 Å². The van der Waals surface area contributed by atoms with E-state index in [4.69, 9.17) is 19.7 Å². The van der Waals surface area contributed by atoms with E-state index < -0.39 is 0 Å². The van der Waals surface area contributed by atoms with Gasteiger partial charge in [0.05, 0.1) is 5.56 Å². The summed E-state index contributed by atoms with van der Waals surface area (Å²) in [6, 6.07) is 45.6. The fourth-order valence-corrected chi connectivity index (χ4v) is 6.85. The Kier molecular flexibility index (Phi) is 7.08. The van der Waals surface area contributed by atoms with Crippen LogP contribution in [0.15, 0.2) is 127 Å². The predicted molar refractivity (Wildman–Crippen MR) is 192 cm³/mol. The third-order valence-corrected chi connectivity index (χ3v) is 9.43. The van der Waals surface area contributed by atoms with E-state index in [1.165, 1.54) is 21.9 Å². The van der Waals surface area contributed by atoms with E-state index in [9.17, 15) is 5.26 Å². The number of nitriles is 1. The molecule has 230 valence electrons. The SMILES string of the molecule is CCc1cccc2cccc(-c3ccc(-c4nc(-c5ccccc5)nc(-c5ccc6c(c5)Oc5c(C#N)cccc5C6(C)C)n4)cc3)c12. The summed E-state index contributed by atoms with van der Waals surface area (Å²) in [5, 5.41) is 12.4. The maximum atomic E-state index is 9.82. The van der Waals surface area contributed by atoms with Gasteiger partial charge in [0, 0.05) is 33.2 Å². The van der Waals surface area contributed by atoms with Gasteiger partial charge in [-0.1, -0.05) is 136 Å². The lowest BCUT2D eigenvalue weighted by Crippen LogP contribution is -2.24. The number of nitrogens with zero attached hydrogens (tertiary/aromatic N) is 4. The van der Waals surface area contributed by atoms with E-state index >= 15 is 0 Å². The van der Waals surface area contributed by atoms with Gasteiger partial charge < -0.3 is 4.74 Å². The number of hydrogen-bond acceptors (Lipinski definition) is 5. The minimum Gasteiger partial charge on any atom is -0.455 e. The van der Waals surface area contributed by atoms with Crippen LogP contribution in [0.2, 0.25) is 0 Å². The average Bonchev–Trinajstić information content (AvgIpc) is 3.14. The lowest BCUT2D eigenvalue weighted by molar-refractivity contribution is 0.417. The second-order valence-electron chi connectivity index (χ2n) is 12.7. The first kappa shape index (κ1) is 29.3. The third-order valence-electron chi connectivity index (χ3n) is 9.43. The Morgan fingerprint density at radius 3 is 1.96 bits per heavy atom. The molecule has 0 fully saturated rings. The van der Waals surface area contributed by atoms with Crippen molar-refractivity contribution in [2.24, 2.45) is 0 Å². The van der Waals surface area contributed by atoms with Crippen LogP contribution in [-0.4, -0.2) is 15.0 Å². The van der Waals surface area contributed by atoms with Crippen LogP contribution in [0.4, 0.5) is 0 Å². The third kappa shape index (κ3) is 4.90. The van der Waals surface area contributed by atoms with Gasteiger partial charge in [-0.25, -0.2) is 15.0 Å². The maximum absolute atomic E-state index is 9.82. The number of fused-ring (bicyclic) bond motifs is 3. The molecule has 0 radical (unpaired) electrons. The summed E-state index contributed by atoms with van der Waals surface area (Å²) in [6.07, 6.45) is 0.972. The molecular formula is C43H32N4O. The highest BCUT2D eigenvalue weighted by atomic mass is 16.5. The molecule has 6 aromatic carbocycles. The minimum absolute atomic E-state index is 0.350. The summed E-state index contributed by atoms with van der Waals surface area (Å²) in [7, 11) is 0. The Morgan fingerprint density at radius 2 is 1.25 bits per heavy atom. The zero-order chi connectivity index (χ0) is 32.8. The number of hydrogen-bond donors (Lipinski definition) is 0. The van der Waals surface area contributed by atoms with Crippen LogP contribution in [0.5, 0.6) is 11.5 Å². The first-order chi connectivity index (χ1) is 23.4. The molecule has 0 saturated carbocycles. The number of para-hydroxylation sites is 1. The van der Waals surface area contributed by atoms with Gasteiger partial charge in [0.15, 0.2) is 17.5 Å². The molecule has 0 bridgehead atoms. The summed E-state index contributed by atoms with van der Waals surface area (Å²) in [5.74, 6) is 3.04. The number of ether oxygens (including phenoxy) is 1. The molecule has 48 heavy (non-hydrogen) atoms. The van der Waals surface area contributed by atoms with Crippen LogP contribution >= 0.6 is 0 Å². The van der Waals surface area contributed by atoms with Gasteiger partial charge in [0.2, 0.25) is 0 Å². The topological polar surface area (TPSA) is 71.7 Å². The van der Waals surface area contributed by atoms with Crippen molar-refractivity contribution in [1.82, 2.24) is 15.0 Å². The molecule has 2 heterocycles. The Hall–Kier alpha value is -6.12. The largest absolute Gasteiger partial charge is 0.455 e. The lowest BCUT2D eigenvalue weighted by Gasteiger charge is -2.35.